The summed E-state index contributed by atoms with van der Waals surface area (Å²) in [7, 11) is 0. The Morgan fingerprint density at radius 2 is 1.74 bits per heavy atom. The van der Waals surface area contributed by atoms with Gasteiger partial charge in [-0.15, -0.1) is 0 Å². The minimum Gasteiger partial charge on any atom is -0.372 e. The van der Waals surface area contributed by atoms with Crippen LogP contribution in [0.1, 0.15) is 51.5 Å². The van der Waals surface area contributed by atoms with Crippen molar-refractivity contribution in [1.29, 1.82) is 0 Å². The van der Waals surface area contributed by atoms with E-state index in [4.69, 9.17) is 15.5 Å². The monoisotopic (exact) mass is 462 g/mol. The molecule has 1 unspecified atom stereocenters. The maximum atomic E-state index is 13.3. The lowest BCUT2D eigenvalue weighted by Crippen LogP contribution is -2.45. The van der Waals surface area contributed by atoms with E-state index in [0.29, 0.717) is 26.2 Å². The van der Waals surface area contributed by atoms with Crippen molar-refractivity contribution in [2.24, 2.45) is 11.1 Å². The molecular formula is C28H38N4O2. The number of imidazole rings is 1. The summed E-state index contributed by atoms with van der Waals surface area (Å²) < 4.78 is 7.70. The van der Waals surface area contributed by atoms with Crippen molar-refractivity contribution in [3.63, 3.8) is 0 Å². The molecule has 3 rings (SSSR count). The largest absolute Gasteiger partial charge is 0.372 e. The molecule has 34 heavy (non-hydrogen) atoms. The first-order valence-electron chi connectivity index (χ1n) is 12.1. The van der Waals surface area contributed by atoms with Crippen molar-refractivity contribution in [3.05, 3.63) is 78.2 Å². The Morgan fingerprint density at radius 1 is 1.09 bits per heavy atom. The lowest BCUT2D eigenvalue weighted by molar-refractivity contribution is -0.141. The van der Waals surface area contributed by atoms with Gasteiger partial charge in [0, 0.05) is 31.5 Å². The maximum Gasteiger partial charge on any atom is 0.249 e. The van der Waals surface area contributed by atoms with Crippen LogP contribution in [0, 0.1) is 5.41 Å². The Bertz CT molecular complexity index is 1030. The summed E-state index contributed by atoms with van der Waals surface area (Å²) in [5, 5.41) is 0. The van der Waals surface area contributed by atoms with Crippen molar-refractivity contribution in [2.45, 2.75) is 46.7 Å². The van der Waals surface area contributed by atoms with E-state index in [0.717, 1.165) is 23.5 Å². The molecule has 1 heterocycles. The number of hydrogen-bond donors (Lipinski definition) is 1. The van der Waals surface area contributed by atoms with Crippen LogP contribution in [0.5, 0.6) is 0 Å². The van der Waals surface area contributed by atoms with Gasteiger partial charge < -0.3 is 19.9 Å². The highest BCUT2D eigenvalue weighted by Gasteiger charge is 2.38. The standard InChI is InChI=1S/C28H38N4O2/c1-5-34-21-25(33)32(18-12-17-29)26(28(2,3)4)27-30-24(23-15-10-7-11-16-23)20-31(27)19-22-13-8-6-9-14-22/h6-11,13-16,20,26H,5,12,17-19,21,29H2,1-4H3. The Hall–Kier alpha value is -2.96. The van der Waals surface area contributed by atoms with Gasteiger partial charge in [-0.1, -0.05) is 81.4 Å². The first-order chi connectivity index (χ1) is 16.3. The number of amides is 1. The van der Waals surface area contributed by atoms with Crippen LogP contribution in [0.3, 0.4) is 0 Å². The van der Waals surface area contributed by atoms with E-state index < -0.39 is 0 Å². The molecule has 182 valence electrons. The predicted molar refractivity (Wildman–Crippen MR) is 137 cm³/mol. The second-order valence-electron chi connectivity index (χ2n) is 9.60. The lowest BCUT2D eigenvalue weighted by Gasteiger charge is -2.40. The molecule has 1 amide bonds. The van der Waals surface area contributed by atoms with Crippen LogP contribution in [0.2, 0.25) is 0 Å². The van der Waals surface area contributed by atoms with Gasteiger partial charge in [0.2, 0.25) is 5.91 Å². The van der Waals surface area contributed by atoms with Gasteiger partial charge in [-0.25, -0.2) is 4.98 Å². The minimum absolute atomic E-state index is 0.0363. The van der Waals surface area contributed by atoms with E-state index in [1.807, 2.05) is 48.2 Å². The smallest absolute Gasteiger partial charge is 0.249 e. The summed E-state index contributed by atoms with van der Waals surface area (Å²) >= 11 is 0. The summed E-state index contributed by atoms with van der Waals surface area (Å²) in [6.45, 7) is 10.7. The van der Waals surface area contributed by atoms with Gasteiger partial charge in [0.25, 0.3) is 0 Å². The first-order valence-corrected chi connectivity index (χ1v) is 12.1. The highest BCUT2D eigenvalue weighted by Crippen LogP contribution is 2.39. The van der Waals surface area contributed by atoms with Gasteiger partial charge in [0.05, 0.1) is 11.7 Å². The van der Waals surface area contributed by atoms with E-state index in [1.54, 1.807) is 0 Å². The van der Waals surface area contributed by atoms with Crippen LogP contribution in [0.25, 0.3) is 11.3 Å². The molecule has 0 saturated carbocycles. The van der Waals surface area contributed by atoms with Crippen LogP contribution in [-0.2, 0) is 16.1 Å². The second-order valence-corrected chi connectivity index (χ2v) is 9.60. The van der Waals surface area contributed by atoms with Gasteiger partial charge in [-0.2, -0.15) is 0 Å². The summed E-state index contributed by atoms with van der Waals surface area (Å²) in [4.78, 5) is 20.4. The number of carbonyl (C=O) groups excluding carboxylic acids is 1. The SMILES string of the molecule is CCOCC(=O)N(CCCN)C(c1nc(-c2ccccc2)cn1Cc1ccccc1)C(C)(C)C. The molecule has 6 nitrogen and oxygen atoms in total. The molecule has 0 radical (unpaired) electrons. The number of ether oxygens (including phenoxy) is 1. The summed E-state index contributed by atoms with van der Waals surface area (Å²) in [5.74, 6) is 0.836. The zero-order valence-corrected chi connectivity index (χ0v) is 20.9. The number of carbonyl (C=O) groups is 1. The van der Waals surface area contributed by atoms with Gasteiger partial charge in [0.1, 0.15) is 12.4 Å². The zero-order chi connectivity index (χ0) is 24.6. The predicted octanol–water partition coefficient (Wildman–Crippen LogP) is 4.90. The van der Waals surface area contributed by atoms with Crippen LogP contribution in [-0.4, -0.2) is 46.7 Å². The molecule has 0 spiro atoms. The normalized spacial score (nSPS) is 12.5. The molecule has 3 aromatic rings. The number of hydrogen-bond acceptors (Lipinski definition) is 4. The number of benzene rings is 2. The number of rotatable bonds is 11. The van der Waals surface area contributed by atoms with Gasteiger partial charge in [-0.3, -0.25) is 4.79 Å². The third-order valence-corrected chi connectivity index (χ3v) is 5.80. The number of nitrogens with zero attached hydrogens (tertiary/aromatic N) is 3. The molecule has 0 aliphatic rings. The average molecular weight is 463 g/mol. The fourth-order valence-corrected chi connectivity index (χ4v) is 4.23. The van der Waals surface area contributed by atoms with E-state index in [-0.39, 0.29) is 24.0 Å². The van der Waals surface area contributed by atoms with Crippen molar-refractivity contribution in [2.75, 3.05) is 26.3 Å². The van der Waals surface area contributed by atoms with Crippen molar-refractivity contribution in [1.82, 2.24) is 14.5 Å². The van der Waals surface area contributed by atoms with Crippen molar-refractivity contribution < 1.29 is 9.53 Å². The summed E-state index contributed by atoms with van der Waals surface area (Å²) in [6.07, 6.45) is 2.82. The Balaban J connectivity index is 2.12. The Labute approximate surface area is 203 Å². The van der Waals surface area contributed by atoms with Gasteiger partial charge >= 0.3 is 0 Å². The highest BCUT2D eigenvalue weighted by molar-refractivity contribution is 5.78. The lowest BCUT2D eigenvalue weighted by atomic mass is 9.84. The molecule has 2 N–H and O–H groups in total. The summed E-state index contributed by atoms with van der Waals surface area (Å²) in [5.41, 5.74) is 8.72. The third-order valence-electron chi connectivity index (χ3n) is 5.80. The van der Waals surface area contributed by atoms with E-state index in [2.05, 4.69) is 55.8 Å². The highest BCUT2D eigenvalue weighted by atomic mass is 16.5. The first kappa shape index (κ1) is 25.7. The van der Waals surface area contributed by atoms with Crippen molar-refractivity contribution in [3.8, 4) is 11.3 Å². The molecule has 2 aromatic carbocycles. The molecule has 0 bridgehead atoms. The molecular weight excluding hydrogens is 424 g/mol. The van der Waals surface area contributed by atoms with E-state index in [9.17, 15) is 4.79 Å². The average Bonchev–Trinajstić information content (AvgIpc) is 3.23. The fraction of sp³-hybridized carbons (Fsp3) is 0.429. The number of aromatic nitrogens is 2. The quantitative estimate of drug-likeness (QED) is 0.440. The molecule has 0 aliphatic carbocycles. The fourth-order valence-electron chi connectivity index (χ4n) is 4.23. The third kappa shape index (κ3) is 6.55. The van der Waals surface area contributed by atoms with Gasteiger partial charge in [0.15, 0.2) is 0 Å². The molecule has 6 heteroatoms. The Kier molecular flexibility index (Phi) is 9.02. The molecule has 0 aliphatic heterocycles. The second kappa shape index (κ2) is 12.0. The Morgan fingerprint density at radius 3 is 2.32 bits per heavy atom. The van der Waals surface area contributed by atoms with Crippen LogP contribution in [0.4, 0.5) is 0 Å². The molecule has 0 fully saturated rings. The van der Waals surface area contributed by atoms with Crippen LogP contribution >= 0.6 is 0 Å². The maximum absolute atomic E-state index is 13.3. The molecule has 1 atom stereocenters. The van der Waals surface area contributed by atoms with Crippen LogP contribution < -0.4 is 5.73 Å². The van der Waals surface area contributed by atoms with Crippen molar-refractivity contribution >= 4 is 5.91 Å². The minimum atomic E-state index is -0.260. The zero-order valence-electron chi connectivity index (χ0n) is 20.9. The van der Waals surface area contributed by atoms with Gasteiger partial charge in [-0.05, 0) is 30.9 Å². The van der Waals surface area contributed by atoms with Crippen LogP contribution in [0.15, 0.2) is 66.9 Å². The number of nitrogens with two attached hydrogens (primary N) is 1. The molecule has 0 saturated heterocycles. The topological polar surface area (TPSA) is 73.4 Å². The van der Waals surface area contributed by atoms with E-state index in [1.165, 1.54) is 5.56 Å². The molecule has 1 aromatic heterocycles. The van der Waals surface area contributed by atoms with E-state index >= 15 is 0 Å². The summed E-state index contributed by atoms with van der Waals surface area (Å²) in [6, 6.07) is 20.3.